The van der Waals surface area contributed by atoms with E-state index in [9.17, 15) is 13.6 Å². The van der Waals surface area contributed by atoms with Crippen LogP contribution in [0, 0.1) is 23.0 Å². The third kappa shape index (κ3) is 2.75. The van der Waals surface area contributed by atoms with Crippen molar-refractivity contribution in [3.63, 3.8) is 0 Å². The summed E-state index contributed by atoms with van der Waals surface area (Å²) in [6.45, 7) is 0. The number of alkyl halides is 1. The Morgan fingerprint density at radius 3 is 2.75 bits per heavy atom. The van der Waals surface area contributed by atoms with Crippen LogP contribution in [0.1, 0.15) is 5.69 Å². The highest BCUT2D eigenvalue weighted by Gasteiger charge is 2.13. The molecule has 0 atom stereocenters. The van der Waals surface area contributed by atoms with E-state index >= 15 is 0 Å². The number of hydrogen-bond acceptors (Lipinski definition) is 3. The molecule has 1 heterocycles. The molecule has 0 radical (unpaired) electrons. The number of rotatable bonds is 3. The van der Waals surface area contributed by atoms with E-state index in [1.54, 1.807) is 6.07 Å². The number of anilines is 1. The van der Waals surface area contributed by atoms with E-state index in [1.165, 1.54) is 12.1 Å². The average molecular weight is 297 g/mol. The lowest BCUT2D eigenvalue weighted by atomic mass is 10.3. The number of hydrogen-bond donors (Lipinski definition) is 1. The Kier molecular flexibility index (Phi) is 3.96. The molecule has 5 nitrogen and oxygen atoms in total. The standard InChI is InChI=1S/C12H7ClF2N4O/c13-5-12(20)17-11-3-7(6-16)18-19(11)8-1-2-9(14)10(15)4-8/h1-4H,5H2,(H,17,20). The van der Waals surface area contributed by atoms with Crippen molar-refractivity contribution in [2.24, 2.45) is 0 Å². The Morgan fingerprint density at radius 1 is 1.40 bits per heavy atom. The minimum Gasteiger partial charge on any atom is -0.310 e. The van der Waals surface area contributed by atoms with Crippen LogP contribution in [-0.2, 0) is 4.79 Å². The van der Waals surface area contributed by atoms with Gasteiger partial charge < -0.3 is 5.32 Å². The molecular formula is C12H7ClF2N4O. The second kappa shape index (κ2) is 5.67. The largest absolute Gasteiger partial charge is 0.310 e. The quantitative estimate of drug-likeness (QED) is 0.883. The van der Waals surface area contributed by atoms with Crippen LogP contribution in [0.2, 0.25) is 0 Å². The van der Waals surface area contributed by atoms with E-state index in [4.69, 9.17) is 16.9 Å². The third-order valence-corrected chi connectivity index (χ3v) is 2.60. The fourth-order valence-corrected chi connectivity index (χ4v) is 1.58. The van der Waals surface area contributed by atoms with Crippen molar-refractivity contribution < 1.29 is 13.6 Å². The number of nitriles is 1. The van der Waals surface area contributed by atoms with Crippen molar-refractivity contribution in [1.29, 1.82) is 5.26 Å². The van der Waals surface area contributed by atoms with Crippen LogP contribution >= 0.6 is 11.6 Å². The van der Waals surface area contributed by atoms with E-state index in [0.29, 0.717) is 0 Å². The molecule has 1 N–H and O–H groups in total. The van der Waals surface area contributed by atoms with Gasteiger partial charge in [-0.25, -0.2) is 13.5 Å². The van der Waals surface area contributed by atoms with Crippen molar-refractivity contribution in [3.05, 3.63) is 41.6 Å². The van der Waals surface area contributed by atoms with Crippen LogP contribution in [0.3, 0.4) is 0 Å². The summed E-state index contributed by atoms with van der Waals surface area (Å²) < 4.78 is 27.2. The van der Waals surface area contributed by atoms with E-state index in [2.05, 4.69) is 10.4 Å². The fourth-order valence-electron chi connectivity index (χ4n) is 1.51. The van der Waals surface area contributed by atoms with Gasteiger partial charge in [-0.1, -0.05) is 0 Å². The molecule has 0 aliphatic carbocycles. The number of halogens is 3. The maximum absolute atomic E-state index is 13.2. The van der Waals surface area contributed by atoms with Gasteiger partial charge in [-0.15, -0.1) is 11.6 Å². The average Bonchev–Trinajstić information content (AvgIpc) is 2.84. The smallest absolute Gasteiger partial charge is 0.240 e. The van der Waals surface area contributed by atoms with Gasteiger partial charge in [-0.05, 0) is 12.1 Å². The number of nitrogens with one attached hydrogen (secondary N) is 1. The number of carbonyl (C=O) groups excluding carboxylic acids is 1. The number of amides is 1. The lowest BCUT2D eigenvalue weighted by Crippen LogP contribution is -2.15. The highest BCUT2D eigenvalue weighted by Crippen LogP contribution is 2.19. The molecule has 0 saturated carbocycles. The van der Waals surface area contributed by atoms with Crippen molar-refractivity contribution >= 4 is 23.3 Å². The fraction of sp³-hybridized carbons (Fsp3) is 0.0833. The lowest BCUT2D eigenvalue weighted by molar-refractivity contribution is -0.114. The monoisotopic (exact) mass is 296 g/mol. The minimum atomic E-state index is -1.06. The second-order valence-electron chi connectivity index (χ2n) is 3.72. The van der Waals surface area contributed by atoms with Gasteiger partial charge in [-0.2, -0.15) is 10.4 Å². The molecule has 2 aromatic rings. The zero-order valence-corrected chi connectivity index (χ0v) is 10.7. The molecule has 0 spiro atoms. The molecular weight excluding hydrogens is 290 g/mol. The molecule has 102 valence electrons. The first kappa shape index (κ1) is 14.0. The Morgan fingerprint density at radius 2 is 2.15 bits per heavy atom. The highest BCUT2D eigenvalue weighted by atomic mass is 35.5. The normalized spacial score (nSPS) is 10.1. The van der Waals surface area contributed by atoms with Crippen LogP contribution in [0.4, 0.5) is 14.6 Å². The summed E-state index contributed by atoms with van der Waals surface area (Å²) in [5.74, 6) is -2.73. The molecule has 0 aliphatic rings. The van der Waals surface area contributed by atoms with E-state index < -0.39 is 17.5 Å². The molecule has 0 saturated heterocycles. The summed E-state index contributed by atoms with van der Waals surface area (Å²) in [6.07, 6.45) is 0. The van der Waals surface area contributed by atoms with Gasteiger partial charge in [0, 0.05) is 12.1 Å². The van der Waals surface area contributed by atoms with Gasteiger partial charge >= 0.3 is 0 Å². The van der Waals surface area contributed by atoms with Crippen LogP contribution in [0.25, 0.3) is 5.69 Å². The molecule has 1 amide bonds. The first-order valence-corrected chi connectivity index (χ1v) is 5.90. The van der Waals surface area contributed by atoms with Crippen LogP contribution in [0.15, 0.2) is 24.3 Å². The first-order chi connectivity index (χ1) is 9.55. The van der Waals surface area contributed by atoms with Crippen molar-refractivity contribution in [3.8, 4) is 11.8 Å². The summed E-state index contributed by atoms with van der Waals surface area (Å²) in [7, 11) is 0. The lowest BCUT2D eigenvalue weighted by Gasteiger charge is -2.08. The van der Waals surface area contributed by atoms with Gasteiger partial charge in [0.05, 0.1) is 5.69 Å². The summed E-state index contributed by atoms with van der Waals surface area (Å²) in [4.78, 5) is 11.3. The second-order valence-corrected chi connectivity index (χ2v) is 3.99. The predicted molar refractivity (Wildman–Crippen MR) is 67.5 cm³/mol. The van der Waals surface area contributed by atoms with E-state index in [-0.39, 0.29) is 23.1 Å². The van der Waals surface area contributed by atoms with Crippen LogP contribution in [0.5, 0.6) is 0 Å². The first-order valence-electron chi connectivity index (χ1n) is 5.36. The SMILES string of the molecule is N#Cc1cc(NC(=O)CCl)n(-c2ccc(F)c(F)c2)n1. The molecule has 0 fully saturated rings. The van der Waals surface area contributed by atoms with Crippen LogP contribution < -0.4 is 5.32 Å². The van der Waals surface area contributed by atoms with E-state index in [0.717, 1.165) is 16.8 Å². The molecule has 0 bridgehead atoms. The minimum absolute atomic E-state index is 0.0135. The summed E-state index contributed by atoms with van der Waals surface area (Å²) >= 11 is 5.37. The molecule has 1 aromatic carbocycles. The van der Waals surface area contributed by atoms with Crippen molar-refractivity contribution in [2.75, 3.05) is 11.2 Å². The Balaban J connectivity index is 2.49. The maximum Gasteiger partial charge on any atom is 0.240 e. The summed E-state index contributed by atoms with van der Waals surface area (Å²) in [5.41, 5.74) is 0.176. The van der Waals surface area contributed by atoms with Gasteiger partial charge in [0.15, 0.2) is 17.3 Å². The molecule has 20 heavy (non-hydrogen) atoms. The zero-order chi connectivity index (χ0) is 14.7. The van der Waals surface area contributed by atoms with E-state index in [1.807, 2.05) is 0 Å². The number of aromatic nitrogens is 2. The molecule has 0 unspecified atom stereocenters. The third-order valence-electron chi connectivity index (χ3n) is 2.36. The van der Waals surface area contributed by atoms with Gasteiger partial charge in [-0.3, -0.25) is 4.79 Å². The molecule has 1 aromatic heterocycles. The number of carbonyl (C=O) groups is 1. The number of benzene rings is 1. The predicted octanol–water partition coefficient (Wildman–Crippen LogP) is 2.20. The maximum atomic E-state index is 13.2. The zero-order valence-electron chi connectivity index (χ0n) is 9.90. The Bertz CT molecular complexity index is 708. The summed E-state index contributed by atoms with van der Waals surface area (Å²) in [5, 5.41) is 15.1. The molecule has 0 aliphatic heterocycles. The van der Waals surface area contributed by atoms with Crippen molar-refractivity contribution in [1.82, 2.24) is 9.78 Å². The number of nitrogens with zero attached hydrogens (tertiary/aromatic N) is 3. The topological polar surface area (TPSA) is 70.7 Å². The van der Waals surface area contributed by atoms with Gasteiger partial charge in [0.1, 0.15) is 17.8 Å². The van der Waals surface area contributed by atoms with Gasteiger partial charge in [0.2, 0.25) is 5.91 Å². The van der Waals surface area contributed by atoms with Gasteiger partial charge in [0.25, 0.3) is 0 Å². The Labute approximate surface area is 117 Å². The summed E-state index contributed by atoms with van der Waals surface area (Å²) in [6, 6.07) is 6.18. The Hall–Kier alpha value is -2.46. The van der Waals surface area contributed by atoms with Crippen molar-refractivity contribution in [2.45, 2.75) is 0 Å². The molecule has 2 rings (SSSR count). The van der Waals surface area contributed by atoms with Crippen LogP contribution in [-0.4, -0.2) is 21.6 Å². The highest BCUT2D eigenvalue weighted by molar-refractivity contribution is 6.29. The molecule has 8 heteroatoms.